The molecule has 0 unspecified atom stereocenters. The SMILES string of the molecule is Cc1nc(-c2cccnc2)sc1C(=O)Nc1ccc2ccccc2n1. The van der Waals surface area contributed by atoms with Crippen molar-refractivity contribution in [1.82, 2.24) is 15.0 Å². The summed E-state index contributed by atoms with van der Waals surface area (Å²) in [4.78, 5) is 26.3. The first-order valence-corrected chi connectivity index (χ1v) is 8.57. The number of nitrogens with one attached hydrogen (secondary N) is 1. The van der Waals surface area contributed by atoms with Gasteiger partial charge in [0, 0.05) is 23.3 Å². The number of anilines is 1. The molecule has 5 nitrogen and oxygen atoms in total. The topological polar surface area (TPSA) is 67.8 Å². The van der Waals surface area contributed by atoms with Gasteiger partial charge in [-0.3, -0.25) is 9.78 Å². The lowest BCUT2D eigenvalue weighted by Crippen LogP contribution is -2.12. The lowest BCUT2D eigenvalue weighted by molar-refractivity contribution is 0.102. The fourth-order valence-electron chi connectivity index (χ4n) is 2.53. The van der Waals surface area contributed by atoms with Crippen LogP contribution in [-0.2, 0) is 0 Å². The minimum Gasteiger partial charge on any atom is -0.306 e. The number of para-hydroxylation sites is 1. The molecule has 1 N–H and O–H groups in total. The first-order chi connectivity index (χ1) is 12.2. The molecule has 4 rings (SSSR count). The number of hydrogen-bond donors (Lipinski definition) is 1. The summed E-state index contributed by atoms with van der Waals surface area (Å²) in [5.74, 6) is 0.326. The number of pyridine rings is 2. The second-order valence-corrected chi connectivity index (χ2v) is 6.52. The lowest BCUT2D eigenvalue weighted by atomic mass is 10.2. The normalized spacial score (nSPS) is 10.8. The molecule has 0 atom stereocenters. The molecule has 122 valence electrons. The smallest absolute Gasteiger partial charge is 0.268 e. The average Bonchev–Trinajstić information content (AvgIpc) is 3.04. The number of aromatic nitrogens is 3. The van der Waals surface area contributed by atoms with E-state index in [0.717, 1.165) is 21.5 Å². The van der Waals surface area contributed by atoms with Crippen molar-refractivity contribution in [2.45, 2.75) is 6.92 Å². The van der Waals surface area contributed by atoms with Crippen molar-refractivity contribution < 1.29 is 4.79 Å². The van der Waals surface area contributed by atoms with Crippen molar-refractivity contribution in [1.29, 1.82) is 0 Å². The summed E-state index contributed by atoms with van der Waals surface area (Å²) < 4.78 is 0. The molecule has 0 spiro atoms. The Bertz CT molecular complexity index is 1060. The molecule has 3 heterocycles. The van der Waals surface area contributed by atoms with Crippen LogP contribution in [0.1, 0.15) is 15.4 Å². The second-order valence-electron chi connectivity index (χ2n) is 5.52. The van der Waals surface area contributed by atoms with Gasteiger partial charge in [-0.25, -0.2) is 9.97 Å². The van der Waals surface area contributed by atoms with Crippen LogP contribution in [0.25, 0.3) is 21.5 Å². The molecule has 1 amide bonds. The summed E-state index contributed by atoms with van der Waals surface area (Å²) in [6.45, 7) is 1.83. The monoisotopic (exact) mass is 346 g/mol. The van der Waals surface area contributed by atoms with Crippen LogP contribution >= 0.6 is 11.3 Å². The Labute approximate surface area is 148 Å². The molecule has 1 aromatic carbocycles. The van der Waals surface area contributed by atoms with E-state index in [2.05, 4.69) is 20.3 Å². The van der Waals surface area contributed by atoms with Crippen LogP contribution in [-0.4, -0.2) is 20.9 Å². The van der Waals surface area contributed by atoms with Crippen molar-refractivity contribution in [2.24, 2.45) is 0 Å². The van der Waals surface area contributed by atoms with Crippen LogP contribution in [0, 0.1) is 6.92 Å². The molecule has 4 aromatic rings. The number of benzene rings is 1. The van der Waals surface area contributed by atoms with E-state index >= 15 is 0 Å². The molecule has 0 saturated carbocycles. The summed E-state index contributed by atoms with van der Waals surface area (Å²) in [6.07, 6.45) is 3.45. The van der Waals surface area contributed by atoms with E-state index in [4.69, 9.17) is 0 Å². The average molecular weight is 346 g/mol. The minimum absolute atomic E-state index is 0.201. The van der Waals surface area contributed by atoms with Gasteiger partial charge < -0.3 is 5.32 Å². The van der Waals surface area contributed by atoms with E-state index in [1.54, 1.807) is 18.5 Å². The van der Waals surface area contributed by atoms with E-state index in [1.165, 1.54) is 11.3 Å². The van der Waals surface area contributed by atoms with Crippen LogP contribution in [0.2, 0.25) is 0 Å². The van der Waals surface area contributed by atoms with Gasteiger partial charge in [-0.15, -0.1) is 11.3 Å². The number of hydrogen-bond acceptors (Lipinski definition) is 5. The standard InChI is InChI=1S/C19H14N4OS/c1-12-17(25-19(21-12)14-6-4-10-20-11-14)18(24)23-16-9-8-13-5-2-3-7-15(13)22-16/h2-11H,1H3,(H,22,23,24). The molecule has 0 bridgehead atoms. The van der Waals surface area contributed by atoms with Crippen molar-refractivity contribution >= 4 is 34.0 Å². The molecule has 0 radical (unpaired) electrons. The van der Waals surface area contributed by atoms with E-state index in [-0.39, 0.29) is 5.91 Å². The van der Waals surface area contributed by atoms with Gasteiger partial charge in [0.05, 0.1) is 11.2 Å². The van der Waals surface area contributed by atoms with Gasteiger partial charge in [-0.1, -0.05) is 18.2 Å². The highest BCUT2D eigenvalue weighted by molar-refractivity contribution is 7.17. The molecule has 0 aliphatic heterocycles. The molecule has 0 aliphatic carbocycles. The van der Waals surface area contributed by atoms with Gasteiger partial charge in [0.25, 0.3) is 5.91 Å². The van der Waals surface area contributed by atoms with E-state index < -0.39 is 0 Å². The Morgan fingerprint density at radius 3 is 2.76 bits per heavy atom. The van der Waals surface area contributed by atoms with Crippen molar-refractivity contribution in [2.75, 3.05) is 5.32 Å². The molecule has 25 heavy (non-hydrogen) atoms. The molecule has 3 aromatic heterocycles. The number of carbonyl (C=O) groups excluding carboxylic acids is 1. The maximum Gasteiger partial charge on any atom is 0.268 e. The highest BCUT2D eigenvalue weighted by Gasteiger charge is 2.17. The Balaban J connectivity index is 1.61. The number of carbonyl (C=O) groups is 1. The Morgan fingerprint density at radius 2 is 1.92 bits per heavy atom. The highest BCUT2D eigenvalue weighted by atomic mass is 32.1. The van der Waals surface area contributed by atoms with E-state index in [0.29, 0.717) is 16.4 Å². The fraction of sp³-hybridized carbons (Fsp3) is 0.0526. The second kappa shape index (κ2) is 6.41. The number of thiazole rings is 1. The third-order valence-corrected chi connectivity index (χ3v) is 4.96. The number of amides is 1. The van der Waals surface area contributed by atoms with Gasteiger partial charge in [-0.05, 0) is 37.3 Å². The first-order valence-electron chi connectivity index (χ1n) is 7.76. The van der Waals surface area contributed by atoms with Crippen LogP contribution in [0.15, 0.2) is 60.9 Å². The number of fused-ring (bicyclic) bond motifs is 1. The third-order valence-electron chi connectivity index (χ3n) is 3.75. The van der Waals surface area contributed by atoms with Gasteiger partial charge in [0.2, 0.25) is 0 Å². The van der Waals surface area contributed by atoms with Crippen LogP contribution in [0.5, 0.6) is 0 Å². The van der Waals surface area contributed by atoms with Gasteiger partial charge in [-0.2, -0.15) is 0 Å². The Morgan fingerprint density at radius 1 is 1.04 bits per heavy atom. The van der Waals surface area contributed by atoms with E-state index in [1.807, 2.05) is 49.4 Å². The van der Waals surface area contributed by atoms with Gasteiger partial charge >= 0.3 is 0 Å². The van der Waals surface area contributed by atoms with Crippen molar-refractivity contribution in [3.63, 3.8) is 0 Å². The zero-order valence-electron chi connectivity index (χ0n) is 13.4. The van der Waals surface area contributed by atoms with Crippen LogP contribution < -0.4 is 5.32 Å². The Kier molecular flexibility index (Phi) is 3.95. The molecule has 0 aliphatic rings. The maximum absolute atomic E-state index is 12.6. The summed E-state index contributed by atoms with van der Waals surface area (Å²) in [7, 11) is 0. The molecular formula is C19H14N4OS. The van der Waals surface area contributed by atoms with Crippen LogP contribution in [0.3, 0.4) is 0 Å². The summed E-state index contributed by atoms with van der Waals surface area (Å²) in [5, 5.41) is 4.68. The summed E-state index contributed by atoms with van der Waals surface area (Å²) in [5.41, 5.74) is 2.44. The predicted octanol–water partition coefficient (Wildman–Crippen LogP) is 4.31. The number of rotatable bonds is 3. The van der Waals surface area contributed by atoms with Crippen LogP contribution in [0.4, 0.5) is 5.82 Å². The number of aryl methyl sites for hydroxylation is 1. The lowest BCUT2D eigenvalue weighted by Gasteiger charge is -2.04. The van der Waals surface area contributed by atoms with E-state index in [9.17, 15) is 4.79 Å². The zero-order valence-corrected chi connectivity index (χ0v) is 14.2. The Hall–Kier alpha value is -3.12. The summed E-state index contributed by atoms with van der Waals surface area (Å²) >= 11 is 1.35. The fourth-order valence-corrected chi connectivity index (χ4v) is 3.48. The van der Waals surface area contributed by atoms with Crippen molar-refractivity contribution in [3.05, 3.63) is 71.5 Å². The highest BCUT2D eigenvalue weighted by Crippen LogP contribution is 2.28. The quantitative estimate of drug-likeness (QED) is 0.600. The number of nitrogens with zero attached hydrogens (tertiary/aromatic N) is 3. The largest absolute Gasteiger partial charge is 0.306 e. The maximum atomic E-state index is 12.6. The molecule has 6 heteroatoms. The van der Waals surface area contributed by atoms with Crippen molar-refractivity contribution in [3.8, 4) is 10.6 Å². The first kappa shape index (κ1) is 15.4. The van der Waals surface area contributed by atoms with Gasteiger partial charge in [0.1, 0.15) is 15.7 Å². The predicted molar refractivity (Wildman–Crippen MR) is 99.8 cm³/mol. The molecule has 0 fully saturated rings. The summed E-state index contributed by atoms with van der Waals surface area (Å²) in [6, 6.07) is 15.3. The molecule has 0 saturated heterocycles. The minimum atomic E-state index is -0.201. The zero-order chi connectivity index (χ0) is 17.2. The molecular weight excluding hydrogens is 332 g/mol. The third kappa shape index (κ3) is 3.12. The van der Waals surface area contributed by atoms with Gasteiger partial charge in [0.15, 0.2) is 0 Å².